The summed E-state index contributed by atoms with van der Waals surface area (Å²) in [5.41, 5.74) is 1.99. The summed E-state index contributed by atoms with van der Waals surface area (Å²) in [7, 11) is 0. The summed E-state index contributed by atoms with van der Waals surface area (Å²) in [6, 6.07) is 0. The van der Waals surface area contributed by atoms with E-state index in [4.69, 9.17) is 0 Å². The van der Waals surface area contributed by atoms with Gasteiger partial charge >= 0.3 is 0 Å². The van der Waals surface area contributed by atoms with Crippen LogP contribution in [-0.2, 0) is 4.79 Å². The van der Waals surface area contributed by atoms with Crippen molar-refractivity contribution in [2.24, 2.45) is 0 Å². The molecule has 0 aliphatic carbocycles. The highest BCUT2D eigenvalue weighted by Crippen LogP contribution is 2.09. The zero-order valence-corrected chi connectivity index (χ0v) is 6.32. The van der Waals surface area contributed by atoms with E-state index in [0.717, 1.165) is 18.4 Å². The van der Waals surface area contributed by atoms with Crippen LogP contribution in [0.25, 0.3) is 0 Å². The second-order valence-electron chi connectivity index (χ2n) is 2.04. The zero-order valence-electron chi connectivity index (χ0n) is 6.32. The maximum atomic E-state index is 10.1. The third-order valence-electron chi connectivity index (χ3n) is 1.54. The highest BCUT2D eigenvalue weighted by Gasteiger charge is 1.95. The van der Waals surface area contributed by atoms with Gasteiger partial charge in [-0.05, 0) is 25.3 Å². The molecule has 0 atom stereocenters. The van der Waals surface area contributed by atoms with Crippen LogP contribution < -0.4 is 0 Å². The molecule has 0 saturated carbocycles. The molecule has 0 bridgehead atoms. The number of hydrogen-bond donors (Lipinski definition) is 0. The molecule has 0 rings (SSSR count). The first kappa shape index (κ1) is 8.41. The second kappa shape index (κ2) is 4.30. The molecule has 0 N–H and O–H groups in total. The van der Waals surface area contributed by atoms with E-state index in [1.54, 1.807) is 0 Å². The fourth-order valence-electron chi connectivity index (χ4n) is 0.852. The molecule has 0 spiro atoms. The van der Waals surface area contributed by atoms with Crippen LogP contribution in [0, 0.1) is 0 Å². The van der Waals surface area contributed by atoms with E-state index in [9.17, 15) is 4.79 Å². The molecule has 1 heteroatoms. The molecule has 1 nitrogen and oxygen atoms in total. The van der Waals surface area contributed by atoms with Crippen LogP contribution in [0.3, 0.4) is 0 Å². The maximum Gasteiger partial charge on any atom is 0.228 e. The average Bonchev–Trinajstić information content (AvgIpc) is 1.90. The lowest BCUT2D eigenvalue weighted by Gasteiger charge is -1.98. The molecule has 0 heterocycles. The monoisotopic (exact) mass is 125 g/mol. The van der Waals surface area contributed by atoms with Crippen LogP contribution in [0.2, 0.25) is 0 Å². The van der Waals surface area contributed by atoms with Gasteiger partial charge in [-0.15, -0.1) is 0 Å². The largest absolute Gasteiger partial charge is 0.285 e. The molecule has 0 saturated heterocycles. The fourth-order valence-corrected chi connectivity index (χ4v) is 0.852. The van der Waals surface area contributed by atoms with Crippen LogP contribution in [0.15, 0.2) is 11.1 Å². The Morgan fingerprint density at radius 3 is 1.89 bits per heavy atom. The van der Waals surface area contributed by atoms with Crippen LogP contribution in [0.1, 0.15) is 33.6 Å². The van der Waals surface area contributed by atoms with Crippen molar-refractivity contribution in [3.8, 4) is 0 Å². The normalized spacial score (nSPS) is 8.78. The number of rotatable bonds is 3. The quantitative estimate of drug-likeness (QED) is 0.528. The summed E-state index contributed by atoms with van der Waals surface area (Å²) in [6.07, 6.45) is 3.84. The molecule has 0 amide bonds. The Morgan fingerprint density at radius 2 is 1.78 bits per heavy atom. The van der Waals surface area contributed by atoms with Crippen LogP contribution in [0.5, 0.6) is 0 Å². The van der Waals surface area contributed by atoms with Gasteiger partial charge in [0.05, 0.1) is 0 Å². The Bertz CT molecular complexity index is 117. The van der Waals surface area contributed by atoms with Crippen molar-refractivity contribution in [3.05, 3.63) is 11.1 Å². The Kier molecular flexibility index (Phi) is 4.02. The van der Waals surface area contributed by atoms with Gasteiger partial charge in [0, 0.05) is 0 Å². The third-order valence-corrected chi connectivity index (χ3v) is 1.54. The number of carbonyl (C=O) groups excluding carboxylic acids is 1. The lowest BCUT2D eigenvalue weighted by molar-refractivity contribution is 0.561. The van der Waals surface area contributed by atoms with Crippen molar-refractivity contribution in [2.45, 2.75) is 33.6 Å². The number of allylic oxidation sites excluding steroid dienone is 2. The minimum Gasteiger partial charge on any atom is -0.285 e. The molecule has 1 radical (unpaired) electrons. The zero-order chi connectivity index (χ0) is 7.28. The van der Waals surface area contributed by atoms with E-state index < -0.39 is 0 Å². The van der Waals surface area contributed by atoms with E-state index in [0.29, 0.717) is 0 Å². The van der Waals surface area contributed by atoms with E-state index in [2.05, 4.69) is 13.8 Å². The van der Waals surface area contributed by atoms with Crippen molar-refractivity contribution in [2.75, 3.05) is 0 Å². The van der Waals surface area contributed by atoms with Crippen molar-refractivity contribution in [1.82, 2.24) is 0 Å². The van der Waals surface area contributed by atoms with Gasteiger partial charge in [-0.2, -0.15) is 0 Å². The predicted octanol–water partition coefficient (Wildman–Crippen LogP) is 2.23. The van der Waals surface area contributed by atoms with Crippen molar-refractivity contribution in [1.29, 1.82) is 0 Å². The van der Waals surface area contributed by atoms with Gasteiger partial charge in [-0.1, -0.05) is 19.4 Å². The number of hydrogen-bond acceptors (Lipinski definition) is 1. The smallest absolute Gasteiger partial charge is 0.228 e. The SMILES string of the molecule is CCC(CC)=C(C)[C]=O. The average molecular weight is 125 g/mol. The summed E-state index contributed by atoms with van der Waals surface area (Å²) in [4.78, 5) is 10.1. The van der Waals surface area contributed by atoms with E-state index in [-0.39, 0.29) is 0 Å². The van der Waals surface area contributed by atoms with Gasteiger partial charge in [-0.3, -0.25) is 4.79 Å². The minimum absolute atomic E-state index is 0.778. The van der Waals surface area contributed by atoms with Crippen LogP contribution in [0.4, 0.5) is 0 Å². The lowest BCUT2D eigenvalue weighted by atomic mass is 10.1. The maximum absolute atomic E-state index is 10.1. The highest BCUT2D eigenvalue weighted by atomic mass is 16.1. The molecule has 0 aromatic rings. The van der Waals surface area contributed by atoms with Gasteiger partial charge < -0.3 is 0 Å². The first-order valence-electron chi connectivity index (χ1n) is 3.33. The van der Waals surface area contributed by atoms with Gasteiger partial charge in [-0.25, -0.2) is 0 Å². The van der Waals surface area contributed by atoms with Gasteiger partial charge in [0.2, 0.25) is 6.29 Å². The molecule has 51 valence electrons. The second-order valence-corrected chi connectivity index (χ2v) is 2.04. The van der Waals surface area contributed by atoms with E-state index in [1.807, 2.05) is 13.2 Å². The van der Waals surface area contributed by atoms with Gasteiger partial charge in [0.25, 0.3) is 0 Å². The first-order valence-corrected chi connectivity index (χ1v) is 3.33. The first-order chi connectivity index (χ1) is 4.26. The summed E-state index contributed by atoms with van der Waals surface area (Å²) < 4.78 is 0. The standard InChI is InChI=1S/C8H13O/c1-4-8(5-2)7(3)6-9/h4-5H2,1-3H3. The fraction of sp³-hybridized carbons (Fsp3) is 0.625. The van der Waals surface area contributed by atoms with E-state index in [1.165, 1.54) is 5.57 Å². The molecule has 0 fully saturated rings. The molecule has 0 aliphatic heterocycles. The van der Waals surface area contributed by atoms with E-state index >= 15 is 0 Å². The van der Waals surface area contributed by atoms with Crippen molar-refractivity contribution >= 4 is 6.29 Å². The van der Waals surface area contributed by atoms with Crippen LogP contribution >= 0.6 is 0 Å². The summed E-state index contributed by atoms with van der Waals surface area (Å²) in [5, 5.41) is 0. The summed E-state index contributed by atoms with van der Waals surface area (Å²) in [5.74, 6) is 0. The molecule has 9 heavy (non-hydrogen) atoms. The molecular weight excluding hydrogens is 112 g/mol. The molecule has 0 aliphatic rings. The molecule has 0 unspecified atom stereocenters. The highest BCUT2D eigenvalue weighted by molar-refractivity contribution is 5.74. The third kappa shape index (κ3) is 2.45. The predicted molar refractivity (Wildman–Crippen MR) is 39.0 cm³/mol. The van der Waals surface area contributed by atoms with Gasteiger partial charge in [0.15, 0.2) is 0 Å². The van der Waals surface area contributed by atoms with Crippen LogP contribution in [-0.4, -0.2) is 6.29 Å². The van der Waals surface area contributed by atoms with Crippen molar-refractivity contribution < 1.29 is 4.79 Å². The summed E-state index contributed by atoms with van der Waals surface area (Å²) in [6.45, 7) is 5.93. The lowest BCUT2D eigenvalue weighted by Crippen LogP contribution is -1.86. The minimum atomic E-state index is 0.778. The Morgan fingerprint density at radius 1 is 1.33 bits per heavy atom. The Balaban J connectivity index is 4.17. The Hall–Kier alpha value is -0.590. The summed E-state index contributed by atoms with van der Waals surface area (Å²) >= 11 is 0. The molecular formula is C8H13O. The Labute approximate surface area is 56.8 Å². The molecule has 0 aromatic heterocycles. The topological polar surface area (TPSA) is 17.1 Å². The van der Waals surface area contributed by atoms with Gasteiger partial charge in [0.1, 0.15) is 0 Å². The molecule has 0 aromatic carbocycles. The van der Waals surface area contributed by atoms with Crippen molar-refractivity contribution in [3.63, 3.8) is 0 Å².